The first kappa shape index (κ1) is 13.5. The highest BCUT2D eigenvalue weighted by Crippen LogP contribution is 2.34. The smallest absolute Gasteiger partial charge is 0.0691 e. The predicted molar refractivity (Wildman–Crippen MR) is 67.1 cm³/mol. The fourth-order valence-electron chi connectivity index (χ4n) is 2.36. The molecular formula is C13H24N2O. The summed E-state index contributed by atoms with van der Waals surface area (Å²) < 4.78 is 5.56. The van der Waals surface area contributed by atoms with E-state index in [-0.39, 0.29) is 11.6 Å². The number of nitrogens with one attached hydrogen (secondary N) is 1. The third-order valence-corrected chi connectivity index (χ3v) is 3.29. The van der Waals surface area contributed by atoms with Crippen molar-refractivity contribution in [1.29, 1.82) is 0 Å². The number of hydrogen-bond acceptors (Lipinski definition) is 3. The molecule has 0 aromatic carbocycles. The Balaban J connectivity index is 2.41. The summed E-state index contributed by atoms with van der Waals surface area (Å²) in [6.07, 6.45) is 9.95. The van der Waals surface area contributed by atoms with Gasteiger partial charge in [-0.05, 0) is 26.2 Å². The summed E-state index contributed by atoms with van der Waals surface area (Å²) in [6, 6.07) is 0.149. The first-order valence-corrected chi connectivity index (χ1v) is 6.25. The zero-order valence-electron chi connectivity index (χ0n) is 10.5. The molecule has 0 aliphatic heterocycles. The topological polar surface area (TPSA) is 47.3 Å². The van der Waals surface area contributed by atoms with Gasteiger partial charge in [-0.1, -0.05) is 19.3 Å². The minimum atomic E-state index is 0.0199. The summed E-state index contributed by atoms with van der Waals surface area (Å²) in [5.74, 6) is 2.80. The molecule has 0 bridgehead atoms. The van der Waals surface area contributed by atoms with Crippen molar-refractivity contribution in [2.75, 3.05) is 13.2 Å². The van der Waals surface area contributed by atoms with E-state index in [1.807, 2.05) is 6.92 Å². The van der Waals surface area contributed by atoms with Crippen LogP contribution in [0.25, 0.3) is 0 Å². The highest BCUT2D eigenvalue weighted by molar-refractivity contribution is 5.09. The normalized spacial score (nSPS) is 30.5. The lowest BCUT2D eigenvalue weighted by Gasteiger charge is -2.48. The van der Waals surface area contributed by atoms with Gasteiger partial charge in [-0.25, -0.2) is 0 Å². The van der Waals surface area contributed by atoms with Gasteiger partial charge in [-0.15, -0.1) is 6.42 Å². The predicted octanol–water partition coefficient (Wildman–Crippen LogP) is 1.27. The van der Waals surface area contributed by atoms with E-state index in [2.05, 4.69) is 18.2 Å². The van der Waals surface area contributed by atoms with E-state index in [0.29, 0.717) is 12.6 Å². The minimum Gasteiger partial charge on any atom is -0.378 e. The summed E-state index contributed by atoms with van der Waals surface area (Å²) in [5, 5.41) is 3.51. The zero-order valence-corrected chi connectivity index (χ0v) is 10.5. The van der Waals surface area contributed by atoms with Gasteiger partial charge in [-0.2, -0.15) is 0 Å². The van der Waals surface area contributed by atoms with Crippen LogP contribution in [0, 0.1) is 12.3 Å². The second kappa shape index (κ2) is 6.24. The SMILES string of the molecule is C#CC(CCC)NC1(CN)CC(OCC)C1. The molecule has 1 fully saturated rings. The summed E-state index contributed by atoms with van der Waals surface area (Å²) in [4.78, 5) is 0. The van der Waals surface area contributed by atoms with Crippen molar-refractivity contribution < 1.29 is 4.74 Å². The molecule has 0 spiro atoms. The standard InChI is InChI=1S/C13H24N2O/c1-4-7-11(5-2)15-13(10-14)8-12(9-13)16-6-3/h2,11-12,15H,4,6-10,14H2,1,3H3. The molecule has 92 valence electrons. The molecule has 1 atom stereocenters. The van der Waals surface area contributed by atoms with E-state index in [4.69, 9.17) is 16.9 Å². The Bertz CT molecular complexity index is 241. The molecule has 3 heteroatoms. The summed E-state index contributed by atoms with van der Waals surface area (Å²) in [7, 11) is 0. The number of rotatable bonds is 7. The van der Waals surface area contributed by atoms with Crippen LogP contribution in [0.1, 0.15) is 39.5 Å². The quantitative estimate of drug-likeness (QED) is 0.640. The molecule has 0 saturated heterocycles. The maximum atomic E-state index is 5.84. The average molecular weight is 224 g/mol. The van der Waals surface area contributed by atoms with E-state index in [9.17, 15) is 0 Å². The Morgan fingerprint density at radius 3 is 2.69 bits per heavy atom. The van der Waals surface area contributed by atoms with Crippen LogP contribution in [-0.2, 0) is 4.74 Å². The van der Waals surface area contributed by atoms with Crippen LogP contribution >= 0.6 is 0 Å². The molecule has 0 amide bonds. The van der Waals surface area contributed by atoms with Crippen molar-refractivity contribution in [2.24, 2.45) is 5.73 Å². The van der Waals surface area contributed by atoms with Crippen LogP contribution in [0.2, 0.25) is 0 Å². The van der Waals surface area contributed by atoms with Crippen LogP contribution < -0.4 is 11.1 Å². The first-order valence-electron chi connectivity index (χ1n) is 6.25. The average Bonchev–Trinajstić information content (AvgIpc) is 2.25. The molecule has 0 radical (unpaired) electrons. The lowest BCUT2D eigenvalue weighted by molar-refractivity contribution is -0.0496. The molecule has 0 heterocycles. The van der Waals surface area contributed by atoms with Crippen LogP contribution in [0.15, 0.2) is 0 Å². The Hall–Kier alpha value is -0.560. The molecule has 0 aromatic rings. The third-order valence-electron chi connectivity index (χ3n) is 3.29. The first-order chi connectivity index (χ1) is 7.69. The van der Waals surface area contributed by atoms with Crippen molar-refractivity contribution in [3.8, 4) is 12.3 Å². The van der Waals surface area contributed by atoms with Crippen LogP contribution in [-0.4, -0.2) is 30.8 Å². The van der Waals surface area contributed by atoms with Gasteiger partial charge in [0.25, 0.3) is 0 Å². The highest BCUT2D eigenvalue weighted by Gasteiger charge is 2.44. The van der Waals surface area contributed by atoms with Gasteiger partial charge in [0.15, 0.2) is 0 Å². The van der Waals surface area contributed by atoms with Gasteiger partial charge < -0.3 is 10.5 Å². The van der Waals surface area contributed by atoms with Crippen LogP contribution in [0.5, 0.6) is 0 Å². The molecule has 1 rings (SSSR count). The Morgan fingerprint density at radius 1 is 1.56 bits per heavy atom. The molecule has 1 aliphatic carbocycles. The molecule has 0 aromatic heterocycles. The second-order valence-electron chi connectivity index (χ2n) is 4.62. The molecule has 1 saturated carbocycles. The van der Waals surface area contributed by atoms with Crippen LogP contribution in [0.4, 0.5) is 0 Å². The van der Waals surface area contributed by atoms with Crippen molar-refractivity contribution >= 4 is 0 Å². The van der Waals surface area contributed by atoms with Gasteiger partial charge in [-0.3, -0.25) is 5.32 Å². The highest BCUT2D eigenvalue weighted by atomic mass is 16.5. The number of hydrogen-bond donors (Lipinski definition) is 2. The molecule has 1 unspecified atom stereocenters. The van der Waals surface area contributed by atoms with Crippen molar-refractivity contribution in [2.45, 2.75) is 57.2 Å². The van der Waals surface area contributed by atoms with Gasteiger partial charge in [0, 0.05) is 18.7 Å². The largest absolute Gasteiger partial charge is 0.378 e. The van der Waals surface area contributed by atoms with E-state index in [0.717, 1.165) is 32.3 Å². The maximum absolute atomic E-state index is 5.84. The monoisotopic (exact) mass is 224 g/mol. The fourth-order valence-corrected chi connectivity index (χ4v) is 2.36. The van der Waals surface area contributed by atoms with Gasteiger partial charge in [0.05, 0.1) is 12.1 Å². The molecule has 16 heavy (non-hydrogen) atoms. The second-order valence-corrected chi connectivity index (χ2v) is 4.62. The van der Waals surface area contributed by atoms with Crippen molar-refractivity contribution in [3.05, 3.63) is 0 Å². The third kappa shape index (κ3) is 3.21. The lowest BCUT2D eigenvalue weighted by atomic mass is 9.73. The van der Waals surface area contributed by atoms with E-state index < -0.39 is 0 Å². The molecular weight excluding hydrogens is 200 g/mol. The van der Waals surface area contributed by atoms with E-state index >= 15 is 0 Å². The summed E-state index contributed by atoms with van der Waals surface area (Å²) in [5.41, 5.74) is 5.86. The minimum absolute atomic E-state index is 0.0199. The van der Waals surface area contributed by atoms with Crippen molar-refractivity contribution in [3.63, 3.8) is 0 Å². The van der Waals surface area contributed by atoms with E-state index in [1.165, 1.54) is 0 Å². The number of nitrogens with two attached hydrogens (primary N) is 1. The molecule has 1 aliphatic rings. The molecule has 3 N–H and O–H groups in total. The summed E-state index contributed by atoms with van der Waals surface area (Å²) in [6.45, 7) is 5.58. The Morgan fingerprint density at radius 2 is 2.25 bits per heavy atom. The maximum Gasteiger partial charge on any atom is 0.0691 e. The Labute approximate surface area is 99.1 Å². The summed E-state index contributed by atoms with van der Waals surface area (Å²) >= 11 is 0. The van der Waals surface area contributed by atoms with Gasteiger partial charge in [0.1, 0.15) is 0 Å². The molecule has 3 nitrogen and oxygen atoms in total. The zero-order chi connectivity index (χ0) is 12.0. The number of ether oxygens (including phenoxy) is 1. The number of terminal acetylenes is 1. The lowest BCUT2D eigenvalue weighted by Crippen LogP contribution is -2.64. The van der Waals surface area contributed by atoms with E-state index in [1.54, 1.807) is 0 Å². The Kier molecular flexibility index (Phi) is 5.27. The van der Waals surface area contributed by atoms with Gasteiger partial charge >= 0.3 is 0 Å². The van der Waals surface area contributed by atoms with Crippen LogP contribution in [0.3, 0.4) is 0 Å². The van der Waals surface area contributed by atoms with Crippen molar-refractivity contribution in [1.82, 2.24) is 5.32 Å². The van der Waals surface area contributed by atoms with Gasteiger partial charge in [0.2, 0.25) is 0 Å². The fraction of sp³-hybridized carbons (Fsp3) is 0.846.